The van der Waals surface area contributed by atoms with Crippen LogP contribution in [0.2, 0.25) is 0 Å². The Morgan fingerprint density at radius 1 is 1.14 bits per heavy atom. The minimum absolute atomic E-state index is 0.0516. The molecule has 1 aromatic rings. The van der Waals surface area contributed by atoms with Crippen LogP contribution in [0.1, 0.15) is 38.3 Å². The van der Waals surface area contributed by atoms with E-state index in [2.05, 4.69) is 31.1 Å². The normalized spacial score (nSPS) is 12.2. The zero-order valence-electron chi connectivity index (χ0n) is 12.8. The number of halogens is 2. The Bertz CT molecular complexity index is 471. The molecule has 0 fully saturated rings. The summed E-state index contributed by atoms with van der Waals surface area (Å²) >= 11 is 0. The molecule has 1 aromatic carbocycles. The molecule has 0 aliphatic heterocycles. The summed E-state index contributed by atoms with van der Waals surface area (Å²) in [4.78, 5) is 3.56. The van der Waals surface area contributed by atoms with E-state index in [1.54, 1.807) is 0 Å². The van der Waals surface area contributed by atoms with Crippen molar-refractivity contribution >= 4 is 5.96 Å². The molecule has 0 saturated carbocycles. The minimum Gasteiger partial charge on any atom is -0.370 e. The molecule has 21 heavy (non-hydrogen) atoms. The first-order chi connectivity index (χ1) is 9.60. The van der Waals surface area contributed by atoms with E-state index in [-0.39, 0.29) is 24.5 Å². The Balaban J connectivity index is 2.52. The lowest BCUT2D eigenvalue weighted by molar-refractivity contribution is -0.0418. The predicted octanol–water partition coefficient (Wildman–Crippen LogP) is 2.33. The van der Waals surface area contributed by atoms with Crippen molar-refractivity contribution in [2.45, 2.75) is 45.2 Å². The highest BCUT2D eigenvalue weighted by Gasteiger charge is 2.27. The minimum atomic E-state index is -3.00. The molecule has 0 aliphatic carbocycles. The lowest BCUT2D eigenvalue weighted by Crippen LogP contribution is -2.37. The van der Waals surface area contributed by atoms with Crippen LogP contribution in [0.5, 0.6) is 0 Å². The van der Waals surface area contributed by atoms with Gasteiger partial charge in [0.15, 0.2) is 5.96 Å². The zero-order chi connectivity index (χ0) is 16.1. The van der Waals surface area contributed by atoms with Crippen molar-refractivity contribution in [2.24, 2.45) is 16.5 Å². The van der Waals surface area contributed by atoms with Gasteiger partial charge in [-0.2, -0.15) is 8.78 Å². The number of rotatable bonds is 6. The first-order valence-electron chi connectivity index (χ1n) is 6.88. The standard InChI is InChI=1S/C15H24F2N4/c1-14(2,3)12-6-4-11(5-7-12)10-21-15(16,17)8-9-20-13(18)19/h4-7,21H,8-10H2,1-3H3,(H4,18,19,20). The van der Waals surface area contributed by atoms with E-state index < -0.39 is 12.5 Å². The second-order valence-electron chi connectivity index (χ2n) is 6.06. The van der Waals surface area contributed by atoms with Crippen molar-refractivity contribution in [3.05, 3.63) is 35.4 Å². The van der Waals surface area contributed by atoms with Crippen LogP contribution in [-0.4, -0.2) is 18.6 Å². The second kappa shape index (κ2) is 6.85. The molecule has 0 radical (unpaired) electrons. The highest BCUT2D eigenvalue weighted by Crippen LogP contribution is 2.22. The van der Waals surface area contributed by atoms with Gasteiger partial charge in [-0.05, 0) is 16.5 Å². The van der Waals surface area contributed by atoms with Crippen molar-refractivity contribution in [1.29, 1.82) is 0 Å². The van der Waals surface area contributed by atoms with Gasteiger partial charge in [0.05, 0.1) is 0 Å². The van der Waals surface area contributed by atoms with Gasteiger partial charge in [-0.3, -0.25) is 10.3 Å². The molecule has 0 aliphatic rings. The van der Waals surface area contributed by atoms with E-state index in [0.717, 1.165) is 5.56 Å². The number of benzene rings is 1. The summed E-state index contributed by atoms with van der Waals surface area (Å²) in [6.45, 7) is 6.32. The maximum atomic E-state index is 13.6. The average Bonchev–Trinajstić information content (AvgIpc) is 2.35. The Kier molecular flexibility index (Phi) is 5.66. The summed E-state index contributed by atoms with van der Waals surface area (Å²) < 4.78 is 27.1. The quantitative estimate of drug-likeness (QED) is 0.428. The predicted molar refractivity (Wildman–Crippen MR) is 82.2 cm³/mol. The van der Waals surface area contributed by atoms with E-state index in [1.807, 2.05) is 24.3 Å². The first-order valence-corrected chi connectivity index (χ1v) is 6.88. The smallest absolute Gasteiger partial charge is 0.304 e. The molecular weight excluding hydrogens is 274 g/mol. The lowest BCUT2D eigenvalue weighted by atomic mass is 9.87. The third kappa shape index (κ3) is 6.53. The number of hydrogen-bond acceptors (Lipinski definition) is 2. The van der Waals surface area contributed by atoms with Crippen molar-refractivity contribution in [3.8, 4) is 0 Å². The Labute approximate surface area is 124 Å². The zero-order valence-corrected chi connectivity index (χ0v) is 12.8. The topological polar surface area (TPSA) is 76.4 Å². The number of nitrogens with two attached hydrogens (primary N) is 2. The molecule has 118 valence electrons. The van der Waals surface area contributed by atoms with Crippen molar-refractivity contribution in [2.75, 3.05) is 6.54 Å². The molecule has 4 nitrogen and oxygen atoms in total. The number of hydrogen-bond donors (Lipinski definition) is 3. The van der Waals surface area contributed by atoms with Crippen LogP contribution >= 0.6 is 0 Å². The lowest BCUT2D eigenvalue weighted by Gasteiger charge is -2.20. The molecular formula is C15H24F2N4. The van der Waals surface area contributed by atoms with Crippen LogP contribution in [0.15, 0.2) is 29.3 Å². The van der Waals surface area contributed by atoms with Crippen LogP contribution in [-0.2, 0) is 12.0 Å². The molecule has 5 N–H and O–H groups in total. The summed E-state index contributed by atoms with van der Waals surface area (Å²) in [7, 11) is 0. The van der Waals surface area contributed by atoms with E-state index in [4.69, 9.17) is 11.5 Å². The summed E-state index contributed by atoms with van der Waals surface area (Å²) in [5.74, 6) is -0.177. The Morgan fingerprint density at radius 3 is 2.19 bits per heavy atom. The maximum absolute atomic E-state index is 13.6. The highest BCUT2D eigenvalue weighted by atomic mass is 19.3. The van der Waals surface area contributed by atoms with Gasteiger partial charge in [0.2, 0.25) is 0 Å². The molecule has 0 aromatic heterocycles. The van der Waals surface area contributed by atoms with Crippen LogP contribution in [0.4, 0.5) is 8.78 Å². The molecule has 0 heterocycles. The van der Waals surface area contributed by atoms with Gasteiger partial charge in [-0.25, -0.2) is 0 Å². The first kappa shape index (κ1) is 17.4. The molecule has 0 saturated heterocycles. The molecule has 0 bridgehead atoms. The summed E-state index contributed by atoms with van der Waals surface area (Å²) in [5, 5.41) is 2.22. The summed E-state index contributed by atoms with van der Waals surface area (Å²) in [6, 6.07) is 4.66. The van der Waals surface area contributed by atoms with Gasteiger partial charge in [0, 0.05) is 19.5 Å². The fraction of sp³-hybridized carbons (Fsp3) is 0.533. The third-order valence-electron chi connectivity index (χ3n) is 3.09. The van der Waals surface area contributed by atoms with Gasteiger partial charge in [-0.15, -0.1) is 0 Å². The monoisotopic (exact) mass is 298 g/mol. The van der Waals surface area contributed by atoms with Gasteiger partial charge in [-0.1, -0.05) is 45.0 Å². The van der Waals surface area contributed by atoms with Crippen LogP contribution in [0.3, 0.4) is 0 Å². The van der Waals surface area contributed by atoms with Crippen LogP contribution in [0, 0.1) is 0 Å². The number of nitrogens with one attached hydrogen (secondary N) is 1. The number of alkyl halides is 2. The van der Waals surface area contributed by atoms with E-state index in [9.17, 15) is 8.78 Å². The van der Waals surface area contributed by atoms with Gasteiger partial charge >= 0.3 is 6.05 Å². The molecule has 1 rings (SSSR count). The molecule has 0 unspecified atom stereocenters. The molecule has 0 atom stereocenters. The largest absolute Gasteiger partial charge is 0.370 e. The summed E-state index contributed by atoms with van der Waals surface area (Å²) in [5.41, 5.74) is 12.2. The van der Waals surface area contributed by atoms with Gasteiger partial charge in [0.25, 0.3) is 0 Å². The fourth-order valence-electron chi connectivity index (χ4n) is 1.77. The van der Waals surface area contributed by atoms with Crippen LogP contribution < -0.4 is 16.8 Å². The number of guanidine groups is 1. The highest BCUT2D eigenvalue weighted by molar-refractivity contribution is 5.75. The van der Waals surface area contributed by atoms with Gasteiger partial charge < -0.3 is 11.5 Å². The Hall–Kier alpha value is -1.69. The Morgan fingerprint density at radius 2 is 1.71 bits per heavy atom. The number of aliphatic imine (C=N–C) groups is 1. The van der Waals surface area contributed by atoms with Gasteiger partial charge in [0.1, 0.15) is 0 Å². The molecule has 6 heteroatoms. The molecule has 0 spiro atoms. The SMILES string of the molecule is CC(C)(C)c1ccc(CNC(F)(F)CCN=C(N)N)cc1. The van der Waals surface area contributed by atoms with Crippen molar-refractivity contribution in [3.63, 3.8) is 0 Å². The fourth-order valence-corrected chi connectivity index (χ4v) is 1.77. The second-order valence-corrected chi connectivity index (χ2v) is 6.06. The van der Waals surface area contributed by atoms with E-state index in [0.29, 0.717) is 0 Å². The maximum Gasteiger partial charge on any atom is 0.304 e. The molecule has 0 amide bonds. The summed E-state index contributed by atoms with van der Waals surface area (Å²) in [6.07, 6.45) is -0.440. The van der Waals surface area contributed by atoms with Crippen molar-refractivity contribution in [1.82, 2.24) is 5.32 Å². The third-order valence-corrected chi connectivity index (χ3v) is 3.09. The van der Waals surface area contributed by atoms with E-state index in [1.165, 1.54) is 5.56 Å². The average molecular weight is 298 g/mol. The van der Waals surface area contributed by atoms with Crippen LogP contribution in [0.25, 0.3) is 0 Å². The number of nitrogens with zero attached hydrogens (tertiary/aromatic N) is 1. The van der Waals surface area contributed by atoms with E-state index >= 15 is 0 Å². The van der Waals surface area contributed by atoms with Crippen molar-refractivity contribution < 1.29 is 8.78 Å².